The Kier molecular flexibility index (Phi) is 3.66. The lowest BCUT2D eigenvalue weighted by atomic mass is 10.1. The minimum Gasteiger partial charge on any atom is -0.409 e. The first kappa shape index (κ1) is 13.0. The van der Waals surface area contributed by atoms with Gasteiger partial charge in [-0.2, -0.15) is 0 Å². The van der Waals surface area contributed by atoms with Gasteiger partial charge in [-0.25, -0.2) is 4.79 Å². The molecule has 2 saturated heterocycles. The lowest BCUT2D eigenvalue weighted by molar-refractivity contribution is -0.0793. The fourth-order valence-corrected chi connectivity index (χ4v) is 2.04. The highest BCUT2D eigenvalue weighted by Crippen LogP contribution is 2.25. The minimum atomic E-state index is -1.29. The van der Waals surface area contributed by atoms with Gasteiger partial charge in [-0.15, -0.1) is 0 Å². The maximum atomic E-state index is 11.7. The van der Waals surface area contributed by atoms with E-state index in [1.54, 1.807) is 0 Å². The number of carbonyl (C=O) groups excluding carboxylic acids is 1. The summed E-state index contributed by atoms with van der Waals surface area (Å²) >= 11 is 0. The molecule has 0 radical (unpaired) electrons. The Labute approximate surface area is 102 Å². The lowest BCUT2D eigenvalue weighted by Gasteiger charge is -2.33. The molecule has 18 heavy (non-hydrogen) atoms. The number of hydrogen-bond donors (Lipinski definition) is 5. The van der Waals surface area contributed by atoms with E-state index < -0.39 is 37.2 Å². The summed E-state index contributed by atoms with van der Waals surface area (Å²) in [5.41, 5.74) is 0. The number of carbonyl (C=O) groups is 1. The van der Waals surface area contributed by atoms with E-state index >= 15 is 0 Å². The van der Waals surface area contributed by atoms with Crippen LogP contribution in [-0.4, -0.2) is 75.0 Å². The summed E-state index contributed by atoms with van der Waals surface area (Å²) in [6, 6.07) is -0.594. The van der Waals surface area contributed by atoms with E-state index in [9.17, 15) is 15.0 Å². The van der Waals surface area contributed by atoms with E-state index in [4.69, 9.17) is 15.1 Å². The van der Waals surface area contributed by atoms with E-state index in [2.05, 4.69) is 10.5 Å². The second kappa shape index (κ2) is 5.06. The van der Waals surface area contributed by atoms with Gasteiger partial charge in [0, 0.05) is 13.0 Å². The van der Waals surface area contributed by atoms with Gasteiger partial charge in [0.2, 0.25) is 0 Å². The van der Waals surface area contributed by atoms with Crippen LogP contribution in [0.4, 0.5) is 4.79 Å². The average molecular weight is 261 g/mol. The van der Waals surface area contributed by atoms with Crippen molar-refractivity contribution >= 4 is 11.9 Å². The predicted octanol–water partition coefficient (Wildman–Crippen LogP) is -2.37. The van der Waals surface area contributed by atoms with Crippen LogP contribution in [0, 0.1) is 0 Å². The molecule has 0 aromatic heterocycles. The molecule has 5 N–H and O–H groups in total. The van der Waals surface area contributed by atoms with Crippen LogP contribution in [0.15, 0.2) is 5.16 Å². The van der Waals surface area contributed by atoms with Gasteiger partial charge in [-0.1, -0.05) is 5.16 Å². The summed E-state index contributed by atoms with van der Waals surface area (Å²) in [5.74, 6) is 0.128. The Morgan fingerprint density at radius 1 is 1.44 bits per heavy atom. The number of amidine groups is 1. The number of urea groups is 1. The van der Waals surface area contributed by atoms with Crippen molar-refractivity contribution in [2.45, 2.75) is 31.0 Å². The first-order valence-corrected chi connectivity index (χ1v) is 5.49. The molecule has 0 bridgehead atoms. The number of hydrogen-bond acceptors (Lipinski definition) is 7. The van der Waals surface area contributed by atoms with Gasteiger partial charge in [0.05, 0.1) is 6.61 Å². The normalized spacial score (nSPS) is 39.2. The number of nitrogens with one attached hydrogen (secondary N) is 1. The summed E-state index contributed by atoms with van der Waals surface area (Å²) in [6.07, 6.45) is -4.22. The number of ether oxygens (including phenoxy) is 1. The van der Waals surface area contributed by atoms with Gasteiger partial charge in [-0.3, -0.25) is 10.2 Å². The summed E-state index contributed by atoms with van der Waals surface area (Å²) in [4.78, 5) is 12.9. The highest BCUT2D eigenvalue weighted by Gasteiger charge is 2.47. The Balaban J connectivity index is 2.07. The quantitative estimate of drug-likeness (QED) is 0.278. The SMILES string of the molecule is O=C1NC(=NO)CCN1C1OC(CO)C(O)C1O. The van der Waals surface area contributed by atoms with Crippen molar-refractivity contribution in [3.05, 3.63) is 0 Å². The lowest BCUT2D eigenvalue weighted by Crippen LogP contribution is -2.56. The van der Waals surface area contributed by atoms with Crippen LogP contribution in [0.5, 0.6) is 0 Å². The summed E-state index contributed by atoms with van der Waals surface area (Å²) in [6.45, 7) is -0.272. The van der Waals surface area contributed by atoms with Crippen molar-refractivity contribution in [2.24, 2.45) is 5.16 Å². The number of amides is 2. The second-order valence-electron chi connectivity index (χ2n) is 4.15. The number of aliphatic hydroxyl groups excluding tert-OH is 3. The predicted molar refractivity (Wildman–Crippen MR) is 56.8 cm³/mol. The van der Waals surface area contributed by atoms with E-state index in [1.165, 1.54) is 4.90 Å². The molecule has 0 aromatic rings. The molecule has 2 aliphatic rings. The van der Waals surface area contributed by atoms with Gasteiger partial charge < -0.3 is 25.3 Å². The van der Waals surface area contributed by atoms with Crippen molar-refractivity contribution in [3.63, 3.8) is 0 Å². The smallest absolute Gasteiger partial charge is 0.325 e. The molecule has 0 aliphatic carbocycles. The zero-order valence-electron chi connectivity index (χ0n) is 9.43. The molecule has 0 aromatic carbocycles. The zero-order valence-corrected chi connectivity index (χ0v) is 9.43. The first-order valence-electron chi connectivity index (χ1n) is 5.49. The first-order chi connectivity index (χ1) is 8.58. The summed E-state index contributed by atoms with van der Waals surface area (Å²) in [7, 11) is 0. The topological polar surface area (TPSA) is 135 Å². The Morgan fingerprint density at radius 3 is 2.67 bits per heavy atom. The maximum Gasteiger partial charge on any atom is 0.325 e. The molecule has 0 spiro atoms. The van der Waals surface area contributed by atoms with Crippen LogP contribution < -0.4 is 5.32 Å². The number of nitrogens with zero attached hydrogens (tertiary/aromatic N) is 2. The number of rotatable bonds is 2. The molecule has 2 fully saturated rings. The molecule has 2 aliphatic heterocycles. The second-order valence-corrected chi connectivity index (χ2v) is 4.15. The molecule has 9 nitrogen and oxygen atoms in total. The van der Waals surface area contributed by atoms with Gasteiger partial charge in [0.15, 0.2) is 12.1 Å². The highest BCUT2D eigenvalue weighted by atomic mass is 16.6. The van der Waals surface area contributed by atoms with Crippen molar-refractivity contribution in [3.8, 4) is 0 Å². The minimum absolute atomic E-state index is 0.128. The number of oxime groups is 1. The van der Waals surface area contributed by atoms with Crippen LogP contribution in [0.2, 0.25) is 0 Å². The van der Waals surface area contributed by atoms with E-state index in [1.807, 2.05) is 0 Å². The fraction of sp³-hybridized carbons (Fsp3) is 0.778. The van der Waals surface area contributed by atoms with Gasteiger partial charge in [0.25, 0.3) is 0 Å². The largest absolute Gasteiger partial charge is 0.409 e. The average Bonchev–Trinajstić information content (AvgIpc) is 2.66. The van der Waals surface area contributed by atoms with Crippen molar-refractivity contribution in [2.75, 3.05) is 13.2 Å². The molecule has 4 atom stereocenters. The third-order valence-corrected chi connectivity index (χ3v) is 3.05. The van der Waals surface area contributed by atoms with Gasteiger partial charge in [0.1, 0.15) is 18.3 Å². The van der Waals surface area contributed by atoms with E-state index in [0.717, 1.165) is 0 Å². The van der Waals surface area contributed by atoms with Gasteiger partial charge >= 0.3 is 6.03 Å². The fourth-order valence-electron chi connectivity index (χ4n) is 2.04. The third kappa shape index (κ3) is 2.12. The van der Waals surface area contributed by atoms with Crippen molar-refractivity contribution in [1.82, 2.24) is 10.2 Å². The molecule has 2 rings (SSSR count). The van der Waals surface area contributed by atoms with Crippen LogP contribution in [0.25, 0.3) is 0 Å². The molecule has 4 unspecified atom stereocenters. The van der Waals surface area contributed by atoms with Gasteiger partial charge in [-0.05, 0) is 0 Å². The van der Waals surface area contributed by atoms with Crippen LogP contribution >= 0.6 is 0 Å². The van der Waals surface area contributed by atoms with E-state index in [0.29, 0.717) is 0 Å². The molecule has 0 saturated carbocycles. The monoisotopic (exact) mass is 261 g/mol. The molecular weight excluding hydrogens is 246 g/mol. The standard InChI is InChI=1S/C9H15N3O6/c13-3-4-6(14)7(15)8(18-4)12-2-1-5(11-17)10-9(12)16/h4,6-8,13-15,17H,1-3H2,(H,10,11,16). The number of aliphatic hydroxyl groups is 3. The van der Waals surface area contributed by atoms with E-state index in [-0.39, 0.29) is 18.8 Å². The highest BCUT2D eigenvalue weighted by molar-refractivity contribution is 5.99. The molecular formula is C9H15N3O6. The summed E-state index contributed by atoms with van der Waals surface area (Å²) in [5, 5.41) is 42.0. The van der Waals surface area contributed by atoms with Crippen LogP contribution in [0.1, 0.15) is 6.42 Å². The Morgan fingerprint density at radius 2 is 2.17 bits per heavy atom. The molecule has 9 heteroatoms. The molecule has 102 valence electrons. The Bertz CT molecular complexity index is 362. The maximum absolute atomic E-state index is 11.7. The summed E-state index contributed by atoms with van der Waals surface area (Å²) < 4.78 is 5.23. The van der Waals surface area contributed by atoms with Crippen LogP contribution in [0.3, 0.4) is 0 Å². The van der Waals surface area contributed by atoms with Crippen molar-refractivity contribution in [1.29, 1.82) is 0 Å². The third-order valence-electron chi connectivity index (χ3n) is 3.05. The van der Waals surface area contributed by atoms with Crippen molar-refractivity contribution < 1.29 is 30.1 Å². The Hall–Kier alpha value is -1.42. The molecule has 2 heterocycles. The zero-order chi connectivity index (χ0) is 13.3. The van der Waals surface area contributed by atoms with Crippen LogP contribution in [-0.2, 0) is 4.74 Å². The molecule has 2 amide bonds.